The van der Waals surface area contributed by atoms with E-state index in [0.717, 1.165) is 31.5 Å². The van der Waals surface area contributed by atoms with Gasteiger partial charge in [-0.3, -0.25) is 0 Å². The molecule has 0 aliphatic carbocycles. The summed E-state index contributed by atoms with van der Waals surface area (Å²) < 4.78 is 13.3. The molecule has 88 valence electrons. The van der Waals surface area contributed by atoms with Crippen LogP contribution in [0.3, 0.4) is 0 Å². The minimum absolute atomic E-state index is 0.0470. The number of nitrogens with zero attached hydrogens (tertiary/aromatic N) is 1. The van der Waals surface area contributed by atoms with E-state index in [0.29, 0.717) is 0 Å². The van der Waals surface area contributed by atoms with Crippen LogP contribution < -0.4 is 5.32 Å². The molecule has 1 fully saturated rings. The van der Waals surface area contributed by atoms with Gasteiger partial charge in [0.25, 0.3) is 0 Å². The fraction of sp³-hybridized carbons (Fsp3) is 0.538. The molecule has 0 spiro atoms. The number of piperidine rings is 1. The Morgan fingerprint density at radius 3 is 2.56 bits per heavy atom. The van der Waals surface area contributed by atoms with Gasteiger partial charge in [0.05, 0.1) is 0 Å². The molecular formula is C13H19FN2. The lowest BCUT2D eigenvalue weighted by molar-refractivity contribution is 0.164. The normalized spacial score (nSPS) is 20.9. The Labute approximate surface area is 96.5 Å². The van der Waals surface area contributed by atoms with Crippen LogP contribution >= 0.6 is 0 Å². The van der Waals surface area contributed by atoms with Crippen molar-refractivity contribution >= 4 is 0 Å². The minimum atomic E-state index is -0.147. The lowest BCUT2D eigenvalue weighted by atomic mass is 9.81. The Kier molecular flexibility index (Phi) is 3.26. The Morgan fingerprint density at radius 2 is 2.00 bits per heavy atom. The summed E-state index contributed by atoms with van der Waals surface area (Å²) in [6.45, 7) is 2.11. The third-order valence-corrected chi connectivity index (χ3v) is 3.70. The number of hydrogen-bond donors (Lipinski definition) is 1. The van der Waals surface area contributed by atoms with Gasteiger partial charge in [0.1, 0.15) is 5.82 Å². The maximum atomic E-state index is 13.3. The second-order valence-electron chi connectivity index (χ2n) is 4.65. The van der Waals surface area contributed by atoms with E-state index >= 15 is 0 Å². The molecular weight excluding hydrogens is 203 g/mol. The van der Waals surface area contributed by atoms with Crippen molar-refractivity contribution in [3.63, 3.8) is 0 Å². The Hall–Kier alpha value is -0.930. The third kappa shape index (κ3) is 2.11. The predicted octanol–water partition coefficient (Wildman–Crippen LogP) is 1.97. The van der Waals surface area contributed by atoms with Crippen LogP contribution in [-0.4, -0.2) is 32.1 Å². The molecule has 0 radical (unpaired) electrons. The molecule has 1 heterocycles. The molecule has 1 N–H and O–H groups in total. The predicted molar refractivity (Wildman–Crippen MR) is 63.9 cm³/mol. The molecule has 3 heteroatoms. The van der Waals surface area contributed by atoms with Crippen LogP contribution in [0.25, 0.3) is 0 Å². The molecule has 2 nitrogen and oxygen atoms in total. The highest BCUT2D eigenvalue weighted by Crippen LogP contribution is 2.32. The van der Waals surface area contributed by atoms with E-state index in [1.165, 1.54) is 6.07 Å². The summed E-state index contributed by atoms with van der Waals surface area (Å²) in [6, 6.07) is 6.97. The van der Waals surface area contributed by atoms with Crippen molar-refractivity contribution in [1.29, 1.82) is 0 Å². The van der Waals surface area contributed by atoms with E-state index in [9.17, 15) is 4.39 Å². The van der Waals surface area contributed by atoms with E-state index < -0.39 is 0 Å². The molecule has 1 saturated heterocycles. The standard InChI is InChI=1S/C13H19FN2/c1-15-13(6-8-16(2)9-7-13)11-4-3-5-12(14)10-11/h3-5,10,15H,6-9H2,1-2H3. The van der Waals surface area contributed by atoms with Gasteiger partial charge in [0.2, 0.25) is 0 Å². The molecule has 16 heavy (non-hydrogen) atoms. The van der Waals surface area contributed by atoms with Crippen molar-refractivity contribution < 1.29 is 4.39 Å². The molecule has 2 rings (SSSR count). The highest BCUT2D eigenvalue weighted by molar-refractivity contribution is 5.26. The van der Waals surface area contributed by atoms with Gasteiger partial charge >= 0.3 is 0 Å². The summed E-state index contributed by atoms with van der Waals surface area (Å²) in [6.07, 6.45) is 2.06. The van der Waals surface area contributed by atoms with E-state index in [1.54, 1.807) is 12.1 Å². The minimum Gasteiger partial charge on any atom is -0.310 e. The van der Waals surface area contributed by atoms with Crippen molar-refractivity contribution in [1.82, 2.24) is 10.2 Å². The first-order chi connectivity index (χ1) is 7.66. The fourth-order valence-corrected chi connectivity index (χ4v) is 2.47. The molecule has 0 aromatic heterocycles. The quantitative estimate of drug-likeness (QED) is 0.823. The zero-order valence-electron chi connectivity index (χ0n) is 9.96. The summed E-state index contributed by atoms with van der Waals surface area (Å²) in [4.78, 5) is 2.31. The van der Waals surface area contributed by atoms with Crippen LogP contribution in [0.1, 0.15) is 18.4 Å². The lowest BCUT2D eigenvalue weighted by Crippen LogP contribution is -2.48. The van der Waals surface area contributed by atoms with E-state index in [-0.39, 0.29) is 11.4 Å². The van der Waals surface area contributed by atoms with E-state index in [2.05, 4.69) is 17.3 Å². The average Bonchev–Trinajstić information content (AvgIpc) is 2.31. The number of nitrogens with one attached hydrogen (secondary N) is 1. The molecule has 1 aliphatic heterocycles. The summed E-state index contributed by atoms with van der Waals surface area (Å²) in [7, 11) is 4.10. The van der Waals surface area contributed by atoms with Gasteiger partial charge in [-0.1, -0.05) is 12.1 Å². The first kappa shape index (κ1) is 11.6. The summed E-state index contributed by atoms with van der Waals surface area (Å²) in [5, 5.41) is 3.39. The molecule has 1 aromatic rings. The van der Waals surface area contributed by atoms with Crippen LogP contribution in [0.2, 0.25) is 0 Å². The van der Waals surface area contributed by atoms with Crippen molar-refractivity contribution in [2.45, 2.75) is 18.4 Å². The van der Waals surface area contributed by atoms with Gasteiger partial charge in [-0.15, -0.1) is 0 Å². The van der Waals surface area contributed by atoms with Crippen LogP contribution in [0, 0.1) is 5.82 Å². The largest absolute Gasteiger partial charge is 0.310 e. The van der Waals surface area contributed by atoms with Gasteiger partial charge in [0.15, 0.2) is 0 Å². The van der Waals surface area contributed by atoms with Crippen molar-refractivity contribution in [2.75, 3.05) is 27.2 Å². The van der Waals surface area contributed by atoms with Crippen LogP contribution in [0.5, 0.6) is 0 Å². The van der Waals surface area contributed by atoms with Gasteiger partial charge < -0.3 is 10.2 Å². The summed E-state index contributed by atoms with van der Waals surface area (Å²) in [5.74, 6) is -0.147. The maximum absolute atomic E-state index is 13.3. The van der Waals surface area contributed by atoms with Crippen molar-refractivity contribution in [2.24, 2.45) is 0 Å². The van der Waals surface area contributed by atoms with E-state index in [4.69, 9.17) is 0 Å². The van der Waals surface area contributed by atoms with E-state index in [1.807, 2.05) is 13.1 Å². The maximum Gasteiger partial charge on any atom is 0.123 e. The van der Waals surface area contributed by atoms with Crippen LogP contribution in [0.4, 0.5) is 4.39 Å². The number of benzene rings is 1. The Balaban J connectivity index is 2.28. The molecule has 1 aromatic carbocycles. The second kappa shape index (κ2) is 4.52. The third-order valence-electron chi connectivity index (χ3n) is 3.70. The van der Waals surface area contributed by atoms with Crippen molar-refractivity contribution in [3.8, 4) is 0 Å². The summed E-state index contributed by atoms with van der Waals surface area (Å²) in [5.41, 5.74) is 1.03. The highest BCUT2D eigenvalue weighted by atomic mass is 19.1. The van der Waals surface area contributed by atoms with Gasteiger partial charge in [-0.05, 0) is 57.7 Å². The van der Waals surface area contributed by atoms with Gasteiger partial charge in [0, 0.05) is 5.54 Å². The highest BCUT2D eigenvalue weighted by Gasteiger charge is 2.33. The molecule has 1 aliphatic rings. The number of hydrogen-bond acceptors (Lipinski definition) is 2. The lowest BCUT2D eigenvalue weighted by Gasteiger charge is -2.41. The molecule has 0 amide bonds. The Bertz CT molecular complexity index is 357. The zero-order chi connectivity index (χ0) is 11.6. The molecule has 0 unspecified atom stereocenters. The van der Waals surface area contributed by atoms with Crippen LogP contribution in [0.15, 0.2) is 24.3 Å². The number of rotatable bonds is 2. The van der Waals surface area contributed by atoms with Gasteiger partial charge in [-0.25, -0.2) is 4.39 Å². The topological polar surface area (TPSA) is 15.3 Å². The second-order valence-corrected chi connectivity index (χ2v) is 4.65. The fourth-order valence-electron chi connectivity index (χ4n) is 2.47. The Morgan fingerprint density at radius 1 is 1.31 bits per heavy atom. The average molecular weight is 222 g/mol. The van der Waals surface area contributed by atoms with Crippen LogP contribution in [-0.2, 0) is 5.54 Å². The monoisotopic (exact) mass is 222 g/mol. The smallest absolute Gasteiger partial charge is 0.123 e. The van der Waals surface area contributed by atoms with Crippen molar-refractivity contribution in [3.05, 3.63) is 35.6 Å². The molecule has 0 saturated carbocycles. The first-order valence-electron chi connectivity index (χ1n) is 5.80. The summed E-state index contributed by atoms with van der Waals surface area (Å²) >= 11 is 0. The molecule has 0 atom stereocenters. The SMILES string of the molecule is CNC1(c2cccc(F)c2)CCN(C)CC1. The van der Waals surface area contributed by atoms with Gasteiger partial charge in [-0.2, -0.15) is 0 Å². The molecule has 0 bridgehead atoms. The zero-order valence-corrected chi connectivity index (χ0v) is 9.96. The number of halogens is 1. The number of likely N-dealkylation sites (tertiary alicyclic amines) is 1. The first-order valence-corrected chi connectivity index (χ1v) is 5.80.